The van der Waals surface area contributed by atoms with Gasteiger partial charge in [-0.15, -0.1) is 5.10 Å². The molecule has 23 heavy (non-hydrogen) atoms. The van der Waals surface area contributed by atoms with Crippen molar-refractivity contribution < 1.29 is 0 Å². The lowest BCUT2D eigenvalue weighted by atomic mass is 10.0. The van der Waals surface area contributed by atoms with E-state index in [1.165, 1.54) is 0 Å². The number of tetrazole rings is 1. The molecule has 0 saturated heterocycles. The van der Waals surface area contributed by atoms with Crippen LogP contribution in [0.4, 0.5) is 0 Å². The van der Waals surface area contributed by atoms with Crippen LogP contribution in [0.2, 0.25) is 5.02 Å². The number of nitrogens with one attached hydrogen (secondary N) is 1. The van der Waals surface area contributed by atoms with E-state index in [2.05, 4.69) is 26.1 Å². The van der Waals surface area contributed by atoms with E-state index in [0.717, 1.165) is 22.0 Å². The summed E-state index contributed by atoms with van der Waals surface area (Å²) in [5, 5.41) is 17.1. The maximum atomic E-state index is 5.94. The lowest BCUT2D eigenvalue weighted by molar-refractivity contribution is 0.619. The first-order valence-corrected chi connectivity index (χ1v) is 7.61. The minimum Gasteiger partial charge on any atom is -0.300 e. The molecule has 1 atom stereocenters. The first kappa shape index (κ1) is 13.9. The molecule has 4 rings (SSSR count). The first-order valence-electron chi connectivity index (χ1n) is 7.23. The fourth-order valence-electron chi connectivity index (χ4n) is 2.58. The molecule has 2 aromatic carbocycles. The average Bonchev–Trinajstić information content (AvgIpc) is 3.25. The van der Waals surface area contributed by atoms with E-state index in [-0.39, 0.29) is 6.04 Å². The fourth-order valence-corrected chi connectivity index (χ4v) is 2.70. The second-order valence-corrected chi connectivity index (χ2v) is 5.68. The van der Waals surface area contributed by atoms with Gasteiger partial charge in [0.05, 0.1) is 6.04 Å². The van der Waals surface area contributed by atoms with Gasteiger partial charge < -0.3 is 5.43 Å². The Kier molecular flexibility index (Phi) is 3.51. The molecule has 7 heteroatoms. The fraction of sp³-hybridized carbons (Fsp3) is 0.125. The third-order valence-corrected chi connectivity index (χ3v) is 4.01. The van der Waals surface area contributed by atoms with Gasteiger partial charge in [-0.25, -0.2) is 0 Å². The van der Waals surface area contributed by atoms with E-state index in [9.17, 15) is 0 Å². The Morgan fingerprint density at radius 3 is 2.61 bits per heavy atom. The van der Waals surface area contributed by atoms with Crippen LogP contribution in [-0.2, 0) is 0 Å². The third-order valence-electron chi connectivity index (χ3n) is 3.75. The van der Waals surface area contributed by atoms with E-state index in [4.69, 9.17) is 11.6 Å². The van der Waals surface area contributed by atoms with Gasteiger partial charge in [0.15, 0.2) is 11.7 Å². The molecule has 6 nitrogen and oxygen atoms in total. The average molecular weight is 325 g/mol. The summed E-state index contributed by atoms with van der Waals surface area (Å²) in [6.07, 6.45) is 0.701. The molecule has 114 valence electrons. The molecule has 0 saturated carbocycles. The standard InChI is InChI=1S/C16H13ClN6/c17-13-8-6-11(7-9-13)14-10-15(19-18-14)23-16(20-21-22-23)12-4-2-1-3-5-12/h1-9,14,18H,10H2. The van der Waals surface area contributed by atoms with Crippen molar-refractivity contribution in [2.24, 2.45) is 5.10 Å². The third kappa shape index (κ3) is 2.68. The minimum atomic E-state index is 0.0927. The van der Waals surface area contributed by atoms with Gasteiger partial charge in [-0.2, -0.15) is 9.78 Å². The Morgan fingerprint density at radius 1 is 1.04 bits per heavy atom. The lowest BCUT2D eigenvalue weighted by Crippen LogP contribution is -2.14. The second kappa shape index (κ2) is 5.81. The van der Waals surface area contributed by atoms with Crippen LogP contribution in [0.5, 0.6) is 0 Å². The molecule has 1 aliphatic rings. The van der Waals surface area contributed by atoms with Crippen molar-refractivity contribution in [2.45, 2.75) is 12.5 Å². The van der Waals surface area contributed by atoms with Crippen molar-refractivity contribution in [3.05, 3.63) is 65.2 Å². The summed E-state index contributed by atoms with van der Waals surface area (Å²) in [6.45, 7) is 0. The largest absolute Gasteiger partial charge is 0.300 e. The number of hydrazone groups is 1. The zero-order valence-electron chi connectivity index (χ0n) is 12.1. The van der Waals surface area contributed by atoms with E-state index < -0.39 is 0 Å². The van der Waals surface area contributed by atoms with Crippen LogP contribution < -0.4 is 5.43 Å². The molecule has 1 N–H and O–H groups in total. The van der Waals surface area contributed by atoms with E-state index in [1.54, 1.807) is 4.68 Å². The van der Waals surface area contributed by atoms with E-state index >= 15 is 0 Å². The summed E-state index contributed by atoms with van der Waals surface area (Å²) >= 11 is 5.94. The van der Waals surface area contributed by atoms with Crippen LogP contribution in [0.25, 0.3) is 11.4 Å². The Balaban J connectivity index is 1.59. The maximum absolute atomic E-state index is 5.94. The van der Waals surface area contributed by atoms with Crippen molar-refractivity contribution >= 4 is 17.4 Å². The van der Waals surface area contributed by atoms with Gasteiger partial charge in [-0.05, 0) is 28.1 Å². The number of hydrogen-bond acceptors (Lipinski definition) is 5. The molecule has 0 aliphatic carbocycles. The van der Waals surface area contributed by atoms with Gasteiger partial charge in [0, 0.05) is 17.0 Å². The lowest BCUT2D eigenvalue weighted by Gasteiger charge is -2.09. The molecule has 0 spiro atoms. The number of halogens is 1. The van der Waals surface area contributed by atoms with E-state index in [0.29, 0.717) is 12.2 Å². The number of rotatable bonds is 2. The van der Waals surface area contributed by atoms with Crippen LogP contribution in [-0.4, -0.2) is 26.0 Å². The van der Waals surface area contributed by atoms with Crippen LogP contribution in [0.3, 0.4) is 0 Å². The Labute approximate surface area is 137 Å². The Bertz CT molecular complexity index is 841. The number of nitrogens with zero attached hydrogens (tertiary/aromatic N) is 5. The topological polar surface area (TPSA) is 68.0 Å². The van der Waals surface area contributed by atoms with Crippen LogP contribution in [0.15, 0.2) is 59.7 Å². The summed E-state index contributed by atoms with van der Waals surface area (Å²) in [7, 11) is 0. The van der Waals surface area contributed by atoms with Crippen molar-refractivity contribution in [2.75, 3.05) is 0 Å². The summed E-state index contributed by atoms with van der Waals surface area (Å²) in [6, 6.07) is 17.7. The zero-order chi connectivity index (χ0) is 15.6. The van der Waals surface area contributed by atoms with Crippen molar-refractivity contribution in [1.82, 2.24) is 25.6 Å². The highest BCUT2D eigenvalue weighted by atomic mass is 35.5. The van der Waals surface area contributed by atoms with Gasteiger partial charge in [-0.1, -0.05) is 54.1 Å². The highest BCUT2D eigenvalue weighted by Crippen LogP contribution is 2.25. The normalized spacial score (nSPS) is 16.9. The minimum absolute atomic E-state index is 0.0927. The molecular weight excluding hydrogens is 312 g/mol. The molecule has 1 unspecified atom stereocenters. The Morgan fingerprint density at radius 2 is 1.83 bits per heavy atom. The van der Waals surface area contributed by atoms with Crippen LogP contribution in [0.1, 0.15) is 18.0 Å². The summed E-state index contributed by atoms with van der Waals surface area (Å²) in [4.78, 5) is 0. The number of benzene rings is 2. The zero-order valence-corrected chi connectivity index (χ0v) is 12.9. The van der Waals surface area contributed by atoms with Crippen LogP contribution >= 0.6 is 11.6 Å². The van der Waals surface area contributed by atoms with Gasteiger partial charge in [0.2, 0.25) is 0 Å². The predicted molar refractivity (Wildman–Crippen MR) is 88.0 cm³/mol. The molecule has 1 aromatic heterocycles. The molecular formula is C16H13ClN6. The van der Waals surface area contributed by atoms with Gasteiger partial charge >= 0.3 is 0 Å². The molecule has 2 heterocycles. The smallest absolute Gasteiger partial charge is 0.188 e. The summed E-state index contributed by atoms with van der Waals surface area (Å²) in [5.41, 5.74) is 5.22. The van der Waals surface area contributed by atoms with Crippen molar-refractivity contribution in [3.8, 4) is 11.4 Å². The predicted octanol–water partition coefficient (Wildman–Crippen LogP) is 2.89. The van der Waals surface area contributed by atoms with Gasteiger partial charge in [0.25, 0.3) is 0 Å². The highest BCUT2D eigenvalue weighted by Gasteiger charge is 2.24. The van der Waals surface area contributed by atoms with Gasteiger partial charge in [0.1, 0.15) is 0 Å². The first-order chi connectivity index (χ1) is 11.3. The SMILES string of the molecule is Clc1ccc(C2CC(n3nnnc3-c3ccccc3)=NN2)cc1. The quantitative estimate of drug-likeness (QED) is 0.787. The number of aromatic nitrogens is 4. The molecule has 0 amide bonds. The van der Waals surface area contributed by atoms with Crippen LogP contribution in [0, 0.1) is 0 Å². The van der Waals surface area contributed by atoms with Crippen molar-refractivity contribution in [3.63, 3.8) is 0 Å². The molecule has 3 aromatic rings. The number of hydrogen-bond donors (Lipinski definition) is 1. The monoisotopic (exact) mass is 324 g/mol. The highest BCUT2D eigenvalue weighted by molar-refractivity contribution is 6.30. The molecule has 0 fully saturated rings. The van der Waals surface area contributed by atoms with E-state index in [1.807, 2.05) is 54.6 Å². The van der Waals surface area contributed by atoms with Gasteiger partial charge in [-0.3, -0.25) is 0 Å². The maximum Gasteiger partial charge on any atom is 0.188 e. The molecule has 0 bridgehead atoms. The van der Waals surface area contributed by atoms with Crippen molar-refractivity contribution in [1.29, 1.82) is 0 Å². The summed E-state index contributed by atoms with van der Waals surface area (Å²) in [5.74, 6) is 1.47. The Hall–Kier alpha value is -2.73. The summed E-state index contributed by atoms with van der Waals surface area (Å²) < 4.78 is 1.68. The second-order valence-electron chi connectivity index (χ2n) is 5.25. The molecule has 0 radical (unpaired) electrons. The molecule has 1 aliphatic heterocycles.